The highest BCUT2D eigenvalue weighted by atomic mass is 16.3. The van der Waals surface area contributed by atoms with Gasteiger partial charge in [0.05, 0.1) is 16.8 Å². The monoisotopic (exact) mass is 652 g/mol. The zero-order valence-corrected chi connectivity index (χ0v) is 27.8. The van der Waals surface area contributed by atoms with Crippen molar-refractivity contribution in [3.05, 3.63) is 194 Å². The first-order valence-electron chi connectivity index (χ1n) is 17.4. The molecule has 0 aliphatic heterocycles. The van der Waals surface area contributed by atoms with Crippen LogP contribution in [0.15, 0.2) is 199 Å². The molecule has 0 radical (unpaired) electrons. The van der Waals surface area contributed by atoms with Crippen LogP contribution >= 0.6 is 0 Å². The van der Waals surface area contributed by atoms with Crippen molar-refractivity contribution in [1.29, 1.82) is 0 Å². The number of para-hydroxylation sites is 2. The molecular weight excluding hydrogens is 621 g/mol. The van der Waals surface area contributed by atoms with Crippen molar-refractivity contribution in [1.82, 2.24) is 0 Å². The Balaban J connectivity index is 1.36. The van der Waals surface area contributed by atoms with E-state index in [0.717, 1.165) is 66.8 Å². The second kappa shape index (κ2) is 11.9. The molecule has 3 heteroatoms. The van der Waals surface area contributed by atoms with Crippen molar-refractivity contribution < 1.29 is 4.42 Å². The minimum atomic E-state index is 0.841. The fourth-order valence-corrected chi connectivity index (χ4v) is 7.59. The Bertz CT molecular complexity index is 2880. The molecule has 51 heavy (non-hydrogen) atoms. The van der Waals surface area contributed by atoms with Gasteiger partial charge in [-0.1, -0.05) is 127 Å². The maximum Gasteiger partial charge on any atom is 0.143 e. The average molecular weight is 653 g/mol. The molecule has 0 aliphatic rings. The van der Waals surface area contributed by atoms with E-state index < -0.39 is 0 Å². The first-order valence-corrected chi connectivity index (χ1v) is 17.4. The van der Waals surface area contributed by atoms with Gasteiger partial charge in [0.15, 0.2) is 0 Å². The largest absolute Gasteiger partial charge is 0.455 e. The molecule has 0 saturated heterocycles. The molecule has 1 aromatic heterocycles. The first-order chi connectivity index (χ1) is 25.3. The Kier molecular flexibility index (Phi) is 6.81. The van der Waals surface area contributed by atoms with Gasteiger partial charge < -0.3 is 14.2 Å². The van der Waals surface area contributed by atoms with Crippen molar-refractivity contribution in [3.63, 3.8) is 0 Å². The fraction of sp³-hybridized carbons (Fsp3) is 0. The van der Waals surface area contributed by atoms with Crippen LogP contribution in [0.1, 0.15) is 0 Å². The van der Waals surface area contributed by atoms with Gasteiger partial charge in [0, 0.05) is 33.5 Å². The molecule has 10 rings (SSSR count). The van der Waals surface area contributed by atoms with Crippen LogP contribution in [0.3, 0.4) is 0 Å². The van der Waals surface area contributed by atoms with Gasteiger partial charge in [0.1, 0.15) is 11.2 Å². The third-order valence-electron chi connectivity index (χ3n) is 9.96. The fourth-order valence-electron chi connectivity index (χ4n) is 7.59. The van der Waals surface area contributed by atoms with Gasteiger partial charge in [-0.3, -0.25) is 0 Å². The standard InChI is InChI=1S/C48H32N2O/c1-3-18-38(19-4-1)49(40-26-23-33-13-7-9-16-36(33)31-40)44-29-30-45-46(43-28-25-35-15-11-12-22-42(35)48(43)51-45)47(44)50(39-20-5-2-6-21-39)41-27-24-34-14-8-10-17-37(34)32-41/h1-32H. The summed E-state index contributed by atoms with van der Waals surface area (Å²) < 4.78 is 6.86. The Hall–Kier alpha value is -6.84. The Labute approximate surface area is 295 Å². The molecule has 3 nitrogen and oxygen atoms in total. The second-order valence-electron chi connectivity index (χ2n) is 13.0. The first kappa shape index (κ1) is 29.1. The van der Waals surface area contributed by atoms with Crippen molar-refractivity contribution in [2.45, 2.75) is 0 Å². The van der Waals surface area contributed by atoms with Gasteiger partial charge in [-0.15, -0.1) is 0 Å². The van der Waals surface area contributed by atoms with E-state index in [-0.39, 0.29) is 0 Å². The van der Waals surface area contributed by atoms with Gasteiger partial charge in [-0.25, -0.2) is 0 Å². The Morgan fingerprint density at radius 2 is 0.843 bits per heavy atom. The van der Waals surface area contributed by atoms with Crippen LogP contribution in [0.4, 0.5) is 34.1 Å². The lowest BCUT2D eigenvalue weighted by Gasteiger charge is -2.34. The van der Waals surface area contributed by atoms with Crippen molar-refractivity contribution in [2.24, 2.45) is 0 Å². The highest BCUT2D eigenvalue weighted by molar-refractivity contribution is 6.22. The van der Waals surface area contributed by atoms with Gasteiger partial charge in [0.25, 0.3) is 0 Å². The summed E-state index contributed by atoms with van der Waals surface area (Å²) in [6.45, 7) is 0. The van der Waals surface area contributed by atoms with Gasteiger partial charge in [-0.2, -0.15) is 0 Å². The van der Waals surface area contributed by atoms with Crippen molar-refractivity contribution in [3.8, 4) is 0 Å². The minimum Gasteiger partial charge on any atom is -0.455 e. The summed E-state index contributed by atoms with van der Waals surface area (Å²) in [5, 5.41) is 9.18. The van der Waals surface area contributed by atoms with Crippen LogP contribution in [0.5, 0.6) is 0 Å². The molecule has 0 bridgehead atoms. The molecule has 0 fully saturated rings. The molecule has 0 atom stereocenters. The number of hydrogen-bond acceptors (Lipinski definition) is 3. The number of nitrogens with zero attached hydrogens (tertiary/aromatic N) is 2. The van der Waals surface area contributed by atoms with E-state index in [1.54, 1.807) is 0 Å². The minimum absolute atomic E-state index is 0.841. The van der Waals surface area contributed by atoms with E-state index >= 15 is 0 Å². The van der Waals surface area contributed by atoms with Gasteiger partial charge in [-0.05, 0) is 93.7 Å². The number of fused-ring (bicyclic) bond motifs is 7. The maximum atomic E-state index is 6.86. The van der Waals surface area contributed by atoms with Gasteiger partial charge >= 0.3 is 0 Å². The van der Waals surface area contributed by atoms with Gasteiger partial charge in [0.2, 0.25) is 0 Å². The normalized spacial score (nSPS) is 11.5. The lowest BCUT2D eigenvalue weighted by molar-refractivity contribution is 0.672. The van der Waals surface area contributed by atoms with E-state index in [0.29, 0.717) is 0 Å². The lowest BCUT2D eigenvalue weighted by atomic mass is 10.0. The lowest BCUT2D eigenvalue weighted by Crippen LogP contribution is -2.17. The molecule has 0 amide bonds. The topological polar surface area (TPSA) is 19.6 Å². The number of anilines is 6. The smallest absolute Gasteiger partial charge is 0.143 e. The Morgan fingerprint density at radius 1 is 0.333 bits per heavy atom. The van der Waals surface area contributed by atoms with Crippen LogP contribution in [0.25, 0.3) is 54.3 Å². The van der Waals surface area contributed by atoms with Crippen LogP contribution in [-0.2, 0) is 0 Å². The highest BCUT2D eigenvalue weighted by Crippen LogP contribution is 2.52. The molecule has 240 valence electrons. The summed E-state index contributed by atoms with van der Waals surface area (Å²) in [5.74, 6) is 0. The van der Waals surface area contributed by atoms with E-state index in [9.17, 15) is 0 Å². The second-order valence-corrected chi connectivity index (χ2v) is 13.0. The summed E-state index contributed by atoms with van der Waals surface area (Å²) in [5.41, 5.74) is 8.08. The molecule has 0 unspecified atom stereocenters. The molecule has 9 aromatic carbocycles. The number of furan rings is 1. The van der Waals surface area contributed by atoms with Crippen molar-refractivity contribution >= 4 is 88.4 Å². The number of benzene rings is 9. The van der Waals surface area contributed by atoms with Crippen LogP contribution in [0, 0.1) is 0 Å². The quantitative estimate of drug-likeness (QED) is 0.178. The number of rotatable bonds is 6. The van der Waals surface area contributed by atoms with E-state index in [1.165, 1.54) is 21.5 Å². The third kappa shape index (κ3) is 4.90. The zero-order chi connectivity index (χ0) is 33.7. The molecule has 0 aliphatic carbocycles. The predicted octanol–water partition coefficient (Wildman–Crippen LogP) is 14.0. The van der Waals surface area contributed by atoms with Crippen molar-refractivity contribution in [2.75, 3.05) is 9.80 Å². The molecule has 0 N–H and O–H groups in total. The summed E-state index contributed by atoms with van der Waals surface area (Å²) in [6.07, 6.45) is 0. The molecule has 0 spiro atoms. The molecule has 10 aromatic rings. The SMILES string of the molecule is c1ccc(N(c2ccc3ccccc3c2)c2ccc3oc4c5ccccc5ccc4c3c2N(c2ccccc2)c2ccc3ccccc3c2)cc1. The number of hydrogen-bond donors (Lipinski definition) is 0. The summed E-state index contributed by atoms with van der Waals surface area (Å²) >= 11 is 0. The summed E-state index contributed by atoms with van der Waals surface area (Å²) in [4.78, 5) is 4.79. The molecule has 0 saturated carbocycles. The van der Waals surface area contributed by atoms with E-state index in [2.05, 4.69) is 204 Å². The van der Waals surface area contributed by atoms with Crippen LogP contribution in [-0.4, -0.2) is 0 Å². The zero-order valence-electron chi connectivity index (χ0n) is 27.8. The highest BCUT2D eigenvalue weighted by Gasteiger charge is 2.27. The third-order valence-corrected chi connectivity index (χ3v) is 9.96. The molecular formula is C48H32N2O. The van der Waals surface area contributed by atoms with E-state index in [1.807, 2.05) is 0 Å². The van der Waals surface area contributed by atoms with Crippen LogP contribution in [0.2, 0.25) is 0 Å². The summed E-state index contributed by atoms with van der Waals surface area (Å²) in [7, 11) is 0. The summed E-state index contributed by atoms with van der Waals surface area (Å²) in [6, 6.07) is 69.3. The Morgan fingerprint density at radius 3 is 1.49 bits per heavy atom. The van der Waals surface area contributed by atoms with Crippen LogP contribution < -0.4 is 9.80 Å². The van der Waals surface area contributed by atoms with E-state index in [4.69, 9.17) is 4.42 Å². The average Bonchev–Trinajstić information content (AvgIpc) is 3.59. The predicted molar refractivity (Wildman–Crippen MR) is 216 cm³/mol. The molecule has 1 heterocycles. The maximum absolute atomic E-state index is 6.86.